The van der Waals surface area contributed by atoms with Crippen LogP contribution in [-0.4, -0.2) is 244 Å². The number of hydrogen-bond donors (Lipinski definition) is 2. The van der Waals surface area contributed by atoms with E-state index in [2.05, 4.69) is 237 Å². The zero-order valence-electron chi connectivity index (χ0n) is 60.4. The maximum absolute atomic E-state index is 14.8. The Morgan fingerprint density at radius 3 is 1.22 bits per heavy atom. The number of carbonyl (C=O) groups excluding carboxylic acids is 2. The van der Waals surface area contributed by atoms with E-state index in [0.717, 1.165) is 102 Å². The molecule has 0 radical (unpaired) electrons. The van der Waals surface area contributed by atoms with Crippen LogP contribution >= 0.6 is 70.6 Å². The fourth-order valence-corrected chi connectivity index (χ4v) is 24.0. The quantitative estimate of drug-likeness (QED) is 0.0568. The van der Waals surface area contributed by atoms with E-state index in [4.69, 9.17) is 0 Å². The van der Waals surface area contributed by atoms with Crippen molar-refractivity contribution in [1.82, 2.24) is 40.0 Å². The molecule has 4 aliphatic carbocycles. The Labute approximate surface area is 571 Å². The summed E-state index contributed by atoms with van der Waals surface area (Å²) in [5.41, 5.74) is 0. The molecule has 4 rings (SSSR count). The first kappa shape index (κ1) is 81.2. The molecule has 0 aliphatic heterocycles. The van der Waals surface area contributed by atoms with Gasteiger partial charge in [-0.3, -0.25) is 9.59 Å². The van der Waals surface area contributed by atoms with Gasteiger partial charge in [-0.2, -0.15) is 70.6 Å². The third-order valence-electron chi connectivity index (χ3n) is 20.5. The Balaban J connectivity index is 1.38. The molecule has 2 amide bonds. The minimum absolute atomic E-state index is 0.114. The van der Waals surface area contributed by atoms with Gasteiger partial charge in [0, 0.05) is 124 Å². The summed E-state index contributed by atoms with van der Waals surface area (Å²) < 4.78 is 0. The number of amides is 2. The number of rotatable bonds is 45. The maximum atomic E-state index is 14.8. The van der Waals surface area contributed by atoms with E-state index in [9.17, 15) is 9.59 Å². The molecular formula is C72H142N8O2S6. The molecule has 0 saturated heterocycles. The second-order valence-corrected chi connectivity index (χ2v) is 39.2. The highest BCUT2D eigenvalue weighted by Crippen LogP contribution is 2.45. The molecule has 88 heavy (non-hydrogen) atoms. The van der Waals surface area contributed by atoms with Crippen molar-refractivity contribution in [3.8, 4) is 0 Å². The molecule has 0 aromatic rings. The summed E-state index contributed by atoms with van der Waals surface area (Å²) in [7, 11) is 26.4. The molecule has 0 bridgehead atoms. The van der Waals surface area contributed by atoms with Gasteiger partial charge in [0.15, 0.2) is 0 Å². The first-order chi connectivity index (χ1) is 41.8. The lowest BCUT2D eigenvalue weighted by atomic mass is 9.73. The van der Waals surface area contributed by atoms with Gasteiger partial charge in [0.1, 0.15) is 0 Å². The molecule has 16 heteroatoms. The van der Waals surface area contributed by atoms with Gasteiger partial charge in [-0.15, -0.1) is 0 Å². The van der Waals surface area contributed by atoms with Crippen LogP contribution in [0.4, 0.5) is 0 Å². The predicted octanol–water partition coefficient (Wildman–Crippen LogP) is 14.7. The van der Waals surface area contributed by atoms with Crippen molar-refractivity contribution in [2.24, 2.45) is 65.1 Å². The van der Waals surface area contributed by atoms with E-state index < -0.39 is 0 Å². The molecule has 4 saturated carbocycles. The second-order valence-electron chi connectivity index (χ2n) is 31.2. The van der Waals surface area contributed by atoms with Gasteiger partial charge in [-0.25, -0.2) is 0 Å². The van der Waals surface area contributed by atoms with Crippen molar-refractivity contribution in [2.75, 3.05) is 164 Å². The highest BCUT2D eigenvalue weighted by atomic mass is 32.2. The minimum atomic E-state index is 0.114. The standard InChI is InChI=1S/C72H142N8O2S6/c1-53(2)68(86-38-32-78(13)14)27-25-55(5)63(52-83-35-29-75(7)8)44-59-42-61(50-66(47-59)84-36-30-76(9)10)71(81)73-64-23-19-21-57(45-64)41-58-22-20-24-65(46-58)74-72(82)62-43-60(48-67(51-62)85-37-31-77(11)12)49-70(88-40-34-80(17)18)56(6)26-28-69(54(3)4)87-39-33-79(15)16/h53-70H,19-52H2,1-18H3,(H,73,81)(H,74,82). The van der Waals surface area contributed by atoms with Gasteiger partial charge in [0.2, 0.25) is 11.8 Å². The molecule has 2 N–H and O–H groups in total. The summed E-state index contributed by atoms with van der Waals surface area (Å²) in [4.78, 5) is 43.5. The Bertz CT molecular complexity index is 1820. The molecule has 0 aromatic heterocycles. The zero-order valence-corrected chi connectivity index (χ0v) is 65.3. The molecule has 0 heterocycles. The Morgan fingerprint density at radius 1 is 0.409 bits per heavy atom. The number of nitrogens with one attached hydrogen (secondary N) is 2. The lowest BCUT2D eigenvalue weighted by molar-refractivity contribution is -0.128. The van der Waals surface area contributed by atoms with Crippen LogP contribution in [-0.2, 0) is 9.59 Å². The average molecular weight is 1340 g/mol. The summed E-state index contributed by atoms with van der Waals surface area (Å²) in [6, 6.07) is 0.585. The van der Waals surface area contributed by atoms with Crippen LogP contribution in [0.15, 0.2) is 0 Å². The van der Waals surface area contributed by atoms with E-state index >= 15 is 0 Å². The number of nitrogens with zero attached hydrogens (tertiary/aromatic N) is 6. The SMILES string of the molecule is CC(C)C(CCC(C)C(CSCCN(C)C)CC1CC(SCCN(C)C)CC(C(=O)NC2CCCC(CC3CCCC(NC(=O)C4CC(CC(SCCN(C)C)C(C)CCC(SCCN(C)C)C(C)C)CC(SCCN(C)C)C4)C3)C2)C1)SCCN(C)C. The fourth-order valence-electron chi connectivity index (χ4n) is 14.9. The van der Waals surface area contributed by atoms with Crippen LogP contribution in [0.1, 0.15) is 176 Å². The van der Waals surface area contributed by atoms with Crippen molar-refractivity contribution in [3.63, 3.8) is 0 Å². The molecule has 0 spiro atoms. The highest BCUT2D eigenvalue weighted by molar-refractivity contribution is 8.01. The van der Waals surface area contributed by atoms with Gasteiger partial charge in [-0.05, 0) is 253 Å². The van der Waals surface area contributed by atoms with Gasteiger partial charge < -0.3 is 40.0 Å². The van der Waals surface area contributed by atoms with Crippen molar-refractivity contribution in [2.45, 2.75) is 215 Å². The smallest absolute Gasteiger partial charge is 0.223 e. The average Bonchev–Trinajstić information content (AvgIpc) is 2.81. The number of hydrogen-bond acceptors (Lipinski definition) is 14. The zero-order chi connectivity index (χ0) is 64.7. The lowest BCUT2D eigenvalue weighted by Crippen LogP contribution is -2.45. The maximum Gasteiger partial charge on any atom is 0.223 e. The molecule has 4 fully saturated rings. The number of thioether (sulfide) groups is 6. The van der Waals surface area contributed by atoms with E-state index in [1.54, 1.807) is 0 Å². The van der Waals surface area contributed by atoms with Crippen molar-refractivity contribution < 1.29 is 9.59 Å². The van der Waals surface area contributed by atoms with Crippen LogP contribution in [0.25, 0.3) is 0 Å². The van der Waals surface area contributed by atoms with E-state index in [1.165, 1.54) is 112 Å². The number of carbonyl (C=O) groups is 2. The largest absolute Gasteiger partial charge is 0.353 e. The third kappa shape index (κ3) is 34.6. The summed E-state index contributed by atoms with van der Waals surface area (Å²) in [6.07, 6.45) is 25.2. The van der Waals surface area contributed by atoms with E-state index in [0.29, 0.717) is 103 Å². The van der Waals surface area contributed by atoms with Gasteiger partial charge in [-0.1, -0.05) is 67.2 Å². The lowest BCUT2D eigenvalue weighted by Gasteiger charge is -2.39. The molecule has 10 nitrogen and oxygen atoms in total. The molecule has 16 unspecified atom stereocenters. The monoisotopic (exact) mass is 1340 g/mol. The van der Waals surface area contributed by atoms with Crippen molar-refractivity contribution in [1.29, 1.82) is 0 Å². The topological polar surface area (TPSA) is 77.6 Å². The second kappa shape index (κ2) is 45.3. The highest BCUT2D eigenvalue weighted by Gasteiger charge is 2.39. The van der Waals surface area contributed by atoms with E-state index in [1.807, 2.05) is 0 Å². The van der Waals surface area contributed by atoms with Crippen LogP contribution in [0, 0.1) is 65.1 Å². The fraction of sp³-hybridized carbons (Fsp3) is 0.972. The Kier molecular flexibility index (Phi) is 41.8. The molecule has 518 valence electrons. The summed E-state index contributed by atoms with van der Waals surface area (Å²) in [6.45, 7) is 21.6. The van der Waals surface area contributed by atoms with Gasteiger partial charge in [0.25, 0.3) is 0 Å². The van der Waals surface area contributed by atoms with E-state index in [-0.39, 0.29) is 11.8 Å². The van der Waals surface area contributed by atoms with Crippen LogP contribution in [0.3, 0.4) is 0 Å². The Morgan fingerprint density at radius 2 is 0.795 bits per heavy atom. The summed E-state index contributed by atoms with van der Waals surface area (Å²) in [5.74, 6) is 15.2. The predicted molar refractivity (Wildman–Crippen MR) is 403 cm³/mol. The molecular weight excluding hydrogens is 1200 g/mol. The first-order valence-corrected chi connectivity index (χ1v) is 42.4. The molecule has 4 aliphatic rings. The van der Waals surface area contributed by atoms with Crippen LogP contribution < -0.4 is 10.6 Å². The van der Waals surface area contributed by atoms with Crippen LogP contribution in [0.2, 0.25) is 0 Å². The Hall–Kier alpha value is 0.800. The molecule has 0 aromatic carbocycles. The first-order valence-electron chi connectivity index (χ1n) is 36.0. The summed E-state index contributed by atoms with van der Waals surface area (Å²) >= 11 is 13.1. The van der Waals surface area contributed by atoms with Crippen LogP contribution in [0.5, 0.6) is 0 Å². The van der Waals surface area contributed by atoms with Gasteiger partial charge in [0.05, 0.1) is 0 Å². The van der Waals surface area contributed by atoms with Crippen molar-refractivity contribution >= 4 is 82.4 Å². The normalized spacial score (nSPS) is 27.0. The van der Waals surface area contributed by atoms with Gasteiger partial charge >= 0.3 is 0 Å². The molecule has 16 atom stereocenters. The summed E-state index contributed by atoms with van der Waals surface area (Å²) in [5, 5.41) is 10.7. The van der Waals surface area contributed by atoms with Crippen molar-refractivity contribution in [3.05, 3.63) is 0 Å². The minimum Gasteiger partial charge on any atom is -0.353 e. The third-order valence-corrected chi connectivity index (χ3v) is 29.0.